The van der Waals surface area contributed by atoms with E-state index in [0.29, 0.717) is 11.4 Å². The molecule has 0 aromatic heterocycles. The second-order valence-corrected chi connectivity index (χ2v) is 7.30. The molecule has 106 valence electrons. The lowest BCUT2D eigenvalue weighted by Gasteiger charge is -2.38. The van der Waals surface area contributed by atoms with Gasteiger partial charge in [-0.25, -0.2) is 13.1 Å². The third-order valence-electron chi connectivity index (χ3n) is 3.76. The number of hydrogen-bond donors (Lipinski definition) is 2. The quantitative estimate of drug-likeness (QED) is 0.867. The molecule has 1 aromatic rings. The lowest BCUT2D eigenvalue weighted by Crippen LogP contribution is -2.50. The molecule has 19 heavy (non-hydrogen) atoms. The summed E-state index contributed by atoms with van der Waals surface area (Å²) in [6.45, 7) is 4.47. The highest BCUT2D eigenvalue weighted by Gasteiger charge is 2.36. The van der Waals surface area contributed by atoms with E-state index in [1.54, 1.807) is 6.07 Å². The number of aryl methyl sites for hydroxylation is 1. The molecule has 0 heterocycles. The van der Waals surface area contributed by atoms with Crippen LogP contribution >= 0.6 is 0 Å². The minimum absolute atomic E-state index is 0.260. The zero-order valence-electron chi connectivity index (χ0n) is 11.8. The van der Waals surface area contributed by atoms with Gasteiger partial charge in [-0.15, -0.1) is 0 Å². The lowest BCUT2D eigenvalue weighted by molar-refractivity contribution is 0.248. The van der Waals surface area contributed by atoms with E-state index in [2.05, 4.69) is 10.0 Å². The summed E-state index contributed by atoms with van der Waals surface area (Å²) < 4.78 is 27.8. The Morgan fingerprint density at radius 3 is 2.53 bits per heavy atom. The van der Waals surface area contributed by atoms with E-state index in [-0.39, 0.29) is 5.54 Å². The number of rotatable bonds is 5. The zero-order valence-corrected chi connectivity index (χ0v) is 12.6. The maximum atomic E-state index is 12.5. The normalized spacial score (nSPS) is 18.1. The van der Waals surface area contributed by atoms with Gasteiger partial charge in [0.15, 0.2) is 0 Å². The van der Waals surface area contributed by atoms with E-state index in [4.69, 9.17) is 0 Å². The first-order valence-corrected chi connectivity index (χ1v) is 8.13. The van der Waals surface area contributed by atoms with Crippen molar-refractivity contribution in [3.05, 3.63) is 29.3 Å². The Balaban J connectivity index is 2.31. The minimum Gasteiger partial charge on any atom is -0.316 e. The molecule has 1 saturated carbocycles. The van der Waals surface area contributed by atoms with Gasteiger partial charge in [0.1, 0.15) is 0 Å². The molecular formula is C14H22N2O2S. The van der Waals surface area contributed by atoms with Crippen LogP contribution in [0.4, 0.5) is 0 Å². The standard InChI is InChI=1S/C14H22N2O2S/c1-11-5-6-12(10-15-3)9-13(11)19(17,18)16-14(2)7-4-8-14/h5-6,9,15-16H,4,7-8,10H2,1-3H3. The molecule has 0 spiro atoms. The van der Waals surface area contributed by atoms with E-state index >= 15 is 0 Å². The summed E-state index contributed by atoms with van der Waals surface area (Å²) in [4.78, 5) is 0.397. The Hall–Kier alpha value is -0.910. The predicted octanol–water partition coefficient (Wildman–Crippen LogP) is 1.94. The summed E-state index contributed by atoms with van der Waals surface area (Å²) >= 11 is 0. The van der Waals surface area contributed by atoms with Crippen LogP contribution in [0.1, 0.15) is 37.3 Å². The fourth-order valence-corrected chi connectivity index (χ4v) is 4.20. The van der Waals surface area contributed by atoms with Crippen molar-refractivity contribution in [2.75, 3.05) is 7.05 Å². The SMILES string of the molecule is CNCc1ccc(C)c(S(=O)(=O)NC2(C)CCC2)c1. The van der Waals surface area contributed by atoms with Gasteiger partial charge in [-0.2, -0.15) is 0 Å². The summed E-state index contributed by atoms with van der Waals surface area (Å²) in [6, 6.07) is 5.58. The average Bonchev–Trinajstić information content (AvgIpc) is 2.29. The first-order chi connectivity index (χ1) is 8.86. The van der Waals surface area contributed by atoms with Crippen LogP contribution in [0.5, 0.6) is 0 Å². The van der Waals surface area contributed by atoms with Crippen molar-refractivity contribution < 1.29 is 8.42 Å². The minimum atomic E-state index is -3.43. The molecule has 0 bridgehead atoms. The van der Waals surface area contributed by atoms with Crippen LogP contribution in [0.15, 0.2) is 23.1 Å². The van der Waals surface area contributed by atoms with Crippen LogP contribution < -0.4 is 10.0 Å². The van der Waals surface area contributed by atoms with Crippen molar-refractivity contribution in [2.24, 2.45) is 0 Å². The van der Waals surface area contributed by atoms with Crippen molar-refractivity contribution in [1.29, 1.82) is 0 Å². The van der Waals surface area contributed by atoms with Crippen molar-refractivity contribution in [2.45, 2.75) is 50.1 Å². The van der Waals surface area contributed by atoms with E-state index < -0.39 is 10.0 Å². The molecule has 1 aromatic carbocycles. The molecule has 5 heteroatoms. The summed E-state index contributed by atoms with van der Waals surface area (Å²) in [7, 11) is -1.58. The third kappa shape index (κ3) is 3.16. The van der Waals surface area contributed by atoms with E-state index in [9.17, 15) is 8.42 Å². The fourth-order valence-electron chi connectivity index (χ4n) is 2.44. The maximum absolute atomic E-state index is 12.5. The number of benzene rings is 1. The van der Waals surface area contributed by atoms with Gasteiger partial charge in [-0.1, -0.05) is 12.1 Å². The molecule has 0 aliphatic heterocycles. The number of hydrogen-bond acceptors (Lipinski definition) is 3. The van der Waals surface area contributed by atoms with Crippen LogP contribution in [-0.2, 0) is 16.6 Å². The Kier molecular flexibility index (Phi) is 3.99. The van der Waals surface area contributed by atoms with Gasteiger partial charge in [0, 0.05) is 12.1 Å². The largest absolute Gasteiger partial charge is 0.316 e. The highest BCUT2D eigenvalue weighted by molar-refractivity contribution is 7.89. The monoisotopic (exact) mass is 282 g/mol. The summed E-state index contributed by atoms with van der Waals surface area (Å²) in [5, 5.41) is 3.04. The van der Waals surface area contributed by atoms with Crippen LogP contribution in [0.3, 0.4) is 0 Å². The predicted molar refractivity (Wildman–Crippen MR) is 76.5 cm³/mol. The molecule has 4 nitrogen and oxygen atoms in total. The van der Waals surface area contributed by atoms with Crippen molar-refractivity contribution >= 4 is 10.0 Å². The van der Waals surface area contributed by atoms with Gasteiger partial charge in [0.25, 0.3) is 0 Å². The fraction of sp³-hybridized carbons (Fsp3) is 0.571. The summed E-state index contributed by atoms with van der Waals surface area (Å²) in [6.07, 6.45) is 2.93. The van der Waals surface area contributed by atoms with Gasteiger partial charge in [0.2, 0.25) is 10.0 Å². The maximum Gasteiger partial charge on any atom is 0.241 e. The Morgan fingerprint density at radius 2 is 2.00 bits per heavy atom. The smallest absolute Gasteiger partial charge is 0.241 e. The van der Waals surface area contributed by atoms with Crippen LogP contribution in [-0.4, -0.2) is 21.0 Å². The molecule has 0 amide bonds. The second kappa shape index (κ2) is 5.23. The van der Waals surface area contributed by atoms with Gasteiger partial charge in [0.05, 0.1) is 4.90 Å². The Labute approximate surface area is 115 Å². The van der Waals surface area contributed by atoms with Crippen molar-refractivity contribution in [3.63, 3.8) is 0 Å². The molecule has 0 radical (unpaired) electrons. The molecule has 2 rings (SSSR count). The van der Waals surface area contributed by atoms with Gasteiger partial charge in [-0.3, -0.25) is 0 Å². The van der Waals surface area contributed by atoms with Gasteiger partial charge >= 0.3 is 0 Å². The molecule has 0 unspecified atom stereocenters. The first-order valence-electron chi connectivity index (χ1n) is 6.64. The van der Waals surface area contributed by atoms with E-state index in [0.717, 1.165) is 30.4 Å². The average molecular weight is 282 g/mol. The van der Waals surface area contributed by atoms with Crippen LogP contribution in [0, 0.1) is 6.92 Å². The highest BCUT2D eigenvalue weighted by Crippen LogP contribution is 2.33. The molecule has 1 fully saturated rings. The van der Waals surface area contributed by atoms with Crippen molar-refractivity contribution in [3.8, 4) is 0 Å². The van der Waals surface area contributed by atoms with Gasteiger partial charge < -0.3 is 5.32 Å². The molecular weight excluding hydrogens is 260 g/mol. The molecule has 0 saturated heterocycles. The number of nitrogens with one attached hydrogen (secondary N) is 2. The third-order valence-corrected chi connectivity index (χ3v) is 5.54. The van der Waals surface area contributed by atoms with Crippen molar-refractivity contribution in [1.82, 2.24) is 10.0 Å². The van der Waals surface area contributed by atoms with Crippen LogP contribution in [0.2, 0.25) is 0 Å². The zero-order chi connectivity index (χ0) is 14.1. The Bertz CT molecular complexity index is 563. The number of sulfonamides is 1. The first kappa shape index (κ1) is 14.5. The Morgan fingerprint density at radius 1 is 1.32 bits per heavy atom. The molecule has 0 atom stereocenters. The van der Waals surface area contributed by atoms with E-state index in [1.165, 1.54) is 0 Å². The van der Waals surface area contributed by atoms with Crippen LogP contribution in [0.25, 0.3) is 0 Å². The van der Waals surface area contributed by atoms with E-state index in [1.807, 2.05) is 33.0 Å². The summed E-state index contributed by atoms with van der Waals surface area (Å²) in [5.74, 6) is 0. The molecule has 2 N–H and O–H groups in total. The summed E-state index contributed by atoms with van der Waals surface area (Å²) in [5.41, 5.74) is 1.51. The highest BCUT2D eigenvalue weighted by atomic mass is 32.2. The molecule has 1 aliphatic carbocycles. The van der Waals surface area contributed by atoms with Gasteiger partial charge in [-0.05, 0) is 57.4 Å². The second-order valence-electron chi connectivity index (χ2n) is 5.65. The molecule has 1 aliphatic rings. The lowest BCUT2D eigenvalue weighted by atomic mass is 9.80. The topological polar surface area (TPSA) is 58.2 Å².